The maximum Gasteiger partial charge on any atom is 0.472 e. The van der Waals surface area contributed by atoms with E-state index < -0.39 is 26.5 Å². The third-order valence-electron chi connectivity index (χ3n) is 9.24. The first-order valence-electron chi connectivity index (χ1n) is 21.0. The first kappa shape index (κ1) is 49.0. The number of carbonyl (C=O) groups is 2. The Kier molecular flexibility index (Phi) is 37.0. The maximum absolute atomic E-state index is 12.5. The molecule has 0 fully saturated rings. The number of nitrogens with two attached hydrogens (primary N) is 1. The minimum Gasteiger partial charge on any atom is -0.462 e. The van der Waals surface area contributed by atoms with Crippen LogP contribution in [0.5, 0.6) is 0 Å². The van der Waals surface area contributed by atoms with Gasteiger partial charge in [-0.2, -0.15) is 0 Å². The van der Waals surface area contributed by atoms with Gasteiger partial charge in [-0.25, -0.2) is 4.57 Å². The fraction of sp³-hybridized carbons (Fsp3) is 0.950. The number of esters is 2. The van der Waals surface area contributed by atoms with Crippen LogP contribution in [0.25, 0.3) is 0 Å². The van der Waals surface area contributed by atoms with E-state index in [-0.39, 0.29) is 38.6 Å². The van der Waals surface area contributed by atoms with Crippen molar-refractivity contribution in [3.8, 4) is 0 Å². The zero-order valence-corrected chi connectivity index (χ0v) is 33.6. The van der Waals surface area contributed by atoms with E-state index in [1.807, 2.05) is 0 Å². The molecule has 0 aromatic heterocycles. The van der Waals surface area contributed by atoms with E-state index >= 15 is 0 Å². The molecular formula is C40H80NO8P. The van der Waals surface area contributed by atoms with Gasteiger partial charge in [-0.15, -0.1) is 0 Å². The second-order valence-electron chi connectivity index (χ2n) is 14.2. The van der Waals surface area contributed by atoms with Gasteiger partial charge in [-0.1, -0.05) is 187 Å². The molecule has 0 aliphatic carbocycles. The molecule has 0 rings (SSSR count). The molecule has 0 aliphatic heterocycles. The molecule has 0 heterocycles. The lowest BCUT2D eigenvalue weighted by Crippen LogP contribution is -2.29. The number of phosphoric acid groups is 1. The molecule has 0 amide bonds. The molecule has 0 aromatic rings. The van der Waals surface area contributed by atoms with Gasteiger partial charge in [0.25, 0.3) is 0 Å². The summed E-state index contributed by atoms with van der Waals surface area (Å²) in [7, 11) is -4.36. The van der Waals surface area contributed by atoms with Crippen LogP contribution >= 0.6 is 7.82 Å². The lowest BCUT2D eigenvalue weighted by Gasteiger charge is -2.19. The van der Waals surface area contributed by atoms with Crippen molar-refractivity contribution in [1.29, 1.82) is 0 Å². The van der Waals surface area contributed by atoms with E-state index in [0.717, 1.165) is 32.1 Å². The first-order valence-corrected chi connectivity index (χ1v) is 22.5. The van der Waals surface area contributed by atoms with Crippen molar-refractivity contribution in [2.45, 2.75) is 219 Å². The van der Waals surface area contributed by atoms with Crippen LogP contribution in [-0.2, 0) is 32.7 Å². The summed E-state index contributed by atoms with van der Waals surface area (Å²) in [5.41, 5.74) is 5.34. The van der Waals surface area contributed by atoms with Gasteiger partial charge in [-0.3, -0.25) is 18.6 Å². The number of phosphoric ester groups is 1. The summed E-state index contributed by atoms with van der Waals surface area (Å²) in [6.07, 6.45) is 35.5. The number of hydrogen-bond acceptors (Lipinski definition) is 8. The van der Waals surface area contributed by atoms with Crippen molar-refractivity contribution in [3.05, 3.63) is 0 Å². The molecule has 0 spiro atoms. The molecule has 0 saturated heterocycles. The van der Waals surface area contributed by atoms with Gasteiger partial charge in [0.15, 0.2) is 6.10 Å². The lowest BCUT2D eigenvalue weighted by molar-refractivity contribution is -0.161. The van der Waals surface area contributed by atoms with Gasteiger partial charge in [0.1, 0.15) is 6.61 Å². The summed E-state index contributed by atoms with van der Waals surface area (Å²) in [5.74, 6) is -0.814. The predicted octanol–water partition coefficient (Wildman–Crippen LogP) is 11.7. The van der Waals surface area contributed by atoms with E-state index in [4.69, 9.17) is 24.3 Å². The minimum absolute atomic E-state index is 0.0580. The fourth-order valence-corrected chi connectivity index (χ4v) is 6.87. The largest absolute Gasteiger partial charge is 0.472 e. The van der Waals surface area contributed by atoms with Gasteiger partial charge < -0.3 is 20.1 Å². The highest BCUT2D eigenvalue weighted by Crippen LogP contribution is 2.43. The second kappa shape index (κ2) is 37.8. The standard InChI is InChI=1S/C40H80NO8P/c1-3-5-7-9-11-13-15-17-18-19-21-22-24-26-28-30-32-39(42)46-36-38(37-48-50(44,45)47-35-34-41)49-40(43)33-31-29-27-25-23-20-16-14-12-10-8-6-4-2/h38H,3-37,41H2,1-2H3,(H,44,45). The van der Waals surface area contributed by atoms with Crippen LogP contribution in [0.4, 0.5) is 0 Å². The fourth-order valence-electron chi connectivity index (χ4n) is 6.11. The Hall–Kier alpha value is -0.990. The number of hydrogen-bond donors (Lipinski definition) is 2. The Labute approximate surface area is 307 Å². The van der Waals surface area contributed by atoms with Gasteiger partial charge in [0.2, 0.25) is 0 Å². The second-order valence-corrected chi connectivity index (χ2v) is 15.7. The van der Waals surface area contributed by atoms with Crippen LogP contribution in [0.3, 0.4) is 0 Å². The Morgan fingerprint density at radius 1 is 0.520 bits per heavy atom. The zero-order chi connectivity index (χ0) is 36.8. The van der Waals surface area contributed by atoms with Gasteiger partial charge in [0, 0.05) is 19.4 Å². The molecule has 3 N–H and O–H groups in total. The third kappa shape index (κ3) is 36.8. The summed E-state index contributed by atoms with van der Waals surface area (Å²) in [6, 6.07) is 0. The van der Waals surface area contributed by atoms with Crippen LogP contribution in [0.15, 0.2) is 0 Å². The Morgan fingerprint density at radius 3 is 1.22 bits per heavy atom. The maximum atomic E-state index is 12.5. The summed E-state index contributed by atoms with van der Waals surface area (Å²) >= 11 is 0. The topological polar surface area (TPSA) is 134 Å². The number of unbranched alkanes of at least 4 members (excludes halogenated alkanes) is 27. The summed E-state index contributed by atoms with van der Waals surface area (Å²) in [5, 5.41) is 0. The average Bonchev–Trinajstić information content (AvgIpc) is 3.10. The van der Waals surface area contributed by atoms with E-state index in [9.17, 15) is 19.0 Å². The summed E-state index contributed by atoms with van der Waals surface area (Å²) in [6.45, 7) is 3.76. The van der Waals surface area contributed by atoms with Gasteiger partial charge in [-0.05, 0) is 12.8 Å². The van der Waals surface area contributed by atoms with Crippen molar-refractivity contribution in [3.63, 3.8) is 0 Å². The molecule has 0 saturated carbocycles. The van der Waals surface area contributed by atoms with Crippen LogP contribution in [0, 0.1) is 0 Å². The van der Waals surface area contributed by atoms with Crippen LogP contribution in [-0.4, -0.2) is 49.3 Å². The van der Waals surface area contributed by atoms with Crippen molar-refractivity contribution in [2.24, 2.45) is 5.73 Å². The molecular weight excluding hydrogens is 653 g/mol. The molecule has 0 aromatic carbocycles. The van der Waals surface area contributed by atoms with Crippen molar-refractivity contribution in [1.82, 2.24) is 0 Å². The molecule has 0 aliphatic rings. The van der Waals surface area contributed by atoms with E-state index in [1.54, 1.807) is 0 Å². The van der Waals surface area contributed by atoms with Gasteiger partial charge >= 0.3 is 19.8 Å². The van der Waals surface area contributed by atoms with Crippen molar-refractivity contribution >= 4 is 19.8 Å². The molecule has 2 atom stereocenters. The highest BCUT2D eigenvalue weighted by Gasteiger charge is 2.26. The van der Waals surface area contributed by atoms with Crippen molar-refractivity contribution in [2.75, 3.05) is 26.4 Å². The molecule has 0 bridgehead atoms. The average molecular weight is 734 g/mol. The van der Waals surface area contributed by atoms with E-state index in [2.05, 4.69) is 13.8 Å². The summed E-state index contributed by atoms with van der Waals surface area (Å²) < 4.78 is 32.7. The van der Waals surface area contributed by atoms with Crippen LogP contribution in [0.2, 0.25) is 0 Å². The van der Waals surface area contributed by atoms with Crippen LogP contribution in [0.1, 0.15) is 213 Å². The Bertz CT molecular complexity index is 799. The van der Waals surface area contributed by atoms with E-state index in [0.29, 0.717) is 6.42 Å². The Balaban J connectivity index is 4.11. The zero-order valence-electron chi connectivity index (χ0n) is 32.7. The molecule has 0 radical (unpaired) electrons. The molecule has 9 nitrogen and oxygen atoms in total. The van der Waals surface area contributed by atoms with Gasteiger partial charge in [0.05, 0.1) is 13.2 Å². The quantitative estimate of drug-likeness (QED) is 0.0358. The third-order valence-corrected chi connectivity index (χ3v) is 10.2. The SMILES string of the molecule is CCCCCCCCCCCCCCCCCCC(=O)OCC(COP(=O)(O)OCCN)OC(=O)CCCCCCCCCCCCCCC. The smallest absolute Gasteiger partial charge is 0.462 e. The normalized spacial score (nSPS) is 13.3. The number of ether oxygens (including phenoxy) is 2. The number of rotatable bonds is 40. The molecule has 10 heteroatoms. The van der Waals surface area contributed by atoms with Crippen molar-refractivity contribution < 1.29 is 37.6 Å². The molecule has 298 valence electrons. The van der Waals surface area contributed by atoms with E-state index in [1.165, 1.54) is 148 Å². The highest BCUT2D eigenvalue weighted by atomic mass is 31.2. The first-order chi connectivity index (χ1) is 24.3. The Morgan fingerprint density at radius 2 is 0.860 bits per heavy atom. The minimum atomic E-state index is -4.36. The molecule has 2 unspecified atom stereocenters. The predicted molar refractivity (Wildman–Crippen MR) is 206 cm³/mol. The monoisotopic (exact) mass is 734 g/mol. The summed E-state index contributed by atoms with van der Waals surface area (Å²) in [4.78, 5) is 34.8. The molecule has 50 heavy (non-hydrogen) atoms. The van der Waals surface area contributed by atoms with Crippen LogP contribution < -0.4 is 5.73 Å². The number of carbonyl (C=O) groups excluding carboxylic acids is 2. The lowest BCUT2D eigenvalue weighted by atomic mass is 10.0. The highest BCUT2D eigenvalue weighted by molar-refractivity contribution is 7.47.